The van der Waals surface area contributed by atoms with Crippen LogP contribution in [0.5, 0.6) is 5.88 Å². The summed E-state index contributed by atoms with van der Waals surface area (Å²) in [5.74, 6) is -0.474. The number of anilines is 1. The second kappa shape index (κ2) is 16.8. The van der Waals surface area contributed by atoms with Crippen LogP contribution >= 0.6 is 18.1 Å². The summed E-state index contributed by atoms with van der Waals surface area (Å²) in [4.78, 5) is 29.1. The molecule has 2 unspecified atom stereocenters. The number of nitriles is 1. The lowest BCUT2D eigenvalue weighted by atomic mass is 9.75. The van der Waals surface area contributed by atoms with E-state index in [0.29, 0.717) is 24.3 Å². The van der Waals surface area contributed by atoms with E-state index in [1.54, 1.807) is 45.8 Å². The van der Waals surface area contributed by atoms with Crippen LogP contribution in [0, 0.1) is 17.2 Å². The smallest absolute Gasteiger partial charge is 0.362 e. The highest BCUT2D eigenvalue weighted by Crippen LogP contribution is 2.54. The summed E-state index contributed by atoms with van der Waals surface area (Å²) < 4.78 is 35.1. The number of carbonyl (C=O) groups is 1. The molecule has 15 heteroatoms. The number of aromatic nitrogens is 4. The number of morpholine rings is 1. The van der Waals surface area contributed by atoms with E-state index < -0.39 is 30.8 Å². The van der Waals surface area contributed by atoms with Crippen molar-refractivity contribution in [1.82, 2.24) is 29.1 Å². The number of imidazole rings is 1. The third-order valence-electron chi connectivity index (χ3n) is 9.25. The molecular formula is C39H44ClN8O5P. The van der Waals surface area contributed by atoms with Gasteiger partial charge in [0.1, 0.15) is 12.3 Å². The first-order chi connectivity index (χ1) is 25.9. The number of benzene rings is 3. The Kier molecular flexibility index (Phi) is 12.1. The third kappa shape index (κ3) is 8.20. The Morgan fingerprint density at radius 3 is 2.09 bits per heavy atom. The Labute approximate surface area is 320 Å². The van der Waals surface area contributed by atoms with Crippen molar-refractivity contribution in [2.45, 2.75) is 51.2 Å². The summed E-state index contributed by atoms with van der Waals surface area (Å²) in [7, 11) is 3.19. The largest absolute Gasteiger partial charge is 0.472 e. The van der Waals surface area contributed by atoms with E-state index in [2.05, 4.69) is 62.7 Å². The summed E-state index contributed by atoms with van der Waals surface area (Å²) in [6.07, 6.45) is -0.184. The normalized spacial score (nSPS) is 18.3. The SMILES string of the molecule is CC(CC#N)Oc1nc(NC(=O)C(C)C)nc2c1ncn2[C@H]1CN(C(c2ccccc2)(c2ccccc2)c2ccccc2)C[C@@H](COP(=O)(Cl)N(C)C)O1. The number of amides is 1. The number of halogens is 1. The quantitative estimate of drug-likeness (QED) is 0.0902. The van der Waals surface area contributed by atoms with Crippen LogP contribution in [0.25, 0.3) is 11.2 Å². The number of fused-ring (bicyclic) bond motifs is 1. The standard InChI is InChI=1S/C39H44ClN8O5P/c1-27(2)36(49)44-38-43-35-34(37(45-38)52-28(3)21-22-41)42-26-48(35)33-24-47(23-32(53-33)25-51-54(40,50)46(4)5)39(29-15-9-6-10-16-29,30-17-11-7-12-18-30)31-19-13-8-14-20-31/h6-20,26-28,32-33H,21,23-25H2,1-5H3,(H,43,44,45,49)/t28?,32-,33+,54?/m0/s1. The van der Waals surface area contributed by atoms with Crippen LogP contribution in [-0.2, 0) is 24.2 Å². The zero-order chi connectivity index (χ0) is 38.5. The van der Waals surface area contributed by atoms with Gasteiger partial charge in [0.15, 0.2) is 11.2 Å². The van der Waals surface area contributed by atoms with E-state index in [1.807, 2.05) is 54.6 Å². The maximum absolute atomic E-state index is 13.2. The van der Waals surface area contributed by atoms with Crippen molar-refractivity contribution >= 4 is 41.1 Å². The minimum atomic E-state index is -3.65. The fraction of sp³-hybridized carbons (Fsp3) is 0.359. The van der Waals surface area contributed by atoms with Gasteiger partial charge in [-0.3, -0.25) is 24.1 Å². The van der Waals surface area contributed by atoms with E-state index in [4.69, 9.17) is 30.2 Å². The molecule has 5 aromatic rings. The molecule has 0 radical (unpaired) electrons. The van der Waals surface area contributed by atoms with E-state index in [0.717, 1.165) is 16.7 Å². The highest BCUT2D eigenvalue weighted by atomic mass is 35.7. The maximum atomic E-state index is 13.2. The zero-order valence-corrected chi connectivity index (χ0v) is 32.5. The first-order valence-corrected chi connectivity index (χ1v) is 20.2. The van der Waals surface area contributed by atoms with Gasteiger partial charge >= 0.3 is 6.87 Å². The molecule has 1 amide bonds. The average Bonchev–Trinajstić information content (AvgIpc) is 3.60. The molecule has 3 heterocycles. The molecule has 0 saturated carbocycles. The number of carbonyl (C=O) groups excluding carboxylic acids is 1. The van der Waals surface area contributed by atoms with Crippen LogP contribution in [0.4, 0.5) is 5.95 Å². The molecule has 1 N–H and O–H groups in total. The third-order valence-corrected chi connectivity index (χ3v) is 11.9. The fourth-order valence-electron chi connectivity index (χ4n) is 6.57. The first-order valence-electron chi connectivity index (χ1n) is 17.7. The molecule has 1 aliphatic heterocycles. The van der Waals surface area contributed by atoms with Crippen LogP contribution < -0.4 is 10.1 Å². The number of nitrogens with one attached hydrogen (secondary N) is 1. The molecular weight excluding hydrogens is 727 g/mol. The van der Waals surface area contributed by atoms with Crippen LogP contribution in [0.3, 0.4) is 0 Å². The predicted molar refractivity (Wildman–Crippen MR) is 207 cm³/mol. The molecule has 282 valence electrons. The zero-order valence-electron chi connectivity index (χ0n) is 30.9. The first kappa shape index (κ1) is 39.0. The summed E-state index contributed by atoms with van der Waals surface area (Å²) >= 11 is 6.37. The van der Waals surface area contributed by atoms with E-state index in [1.165, 1.54) is 4.67 Å². The van der Waals surface area contributed by atoms with Gasteiger partial charge in [0, 0.05) is 19.0 Å². The average molecular weight is 771 g/mol. The topological polar surface area (TPSA) is 148 Å². The van der Waals surface area contributed by atoms with E-state index >= 15 is 0 Å². The Bertz CT molecular complexity index is 2030. The molecule has 0 spiro atoms. The van der Waals surface area contributed by atoms with Gasteiger partial charge in [-0.05, 0) is 49.0 Å². The molecule has 0 bridgehead atoms. The van der Waals surface area contributed by atoms with Gasteiger partial charge in [-0.1, -0.05) is 105 Å². The van der Waals surface area contributed by atoms with Gasteiger partial charge in [-0.15, -0.1) is 0 Å². The lowest BCUT2D eigenvalue weighted by Gasteiger charge is -2.50. The minimum Gasteiger partial charge on any atom is -0.472 e. The number of nitrogens with zero attached hydrogens (tertiary/aromatic N) is 7. The van der Waals surface area contributed by atoms with Crippen LogP contribution in [-0.4, -0.2) is 81.0 Å². The second-order valence-electron chi connectivity index (χ2n) is 13.6. The Morgan fingerprint density at radius 2 is 1.57 bits per heavy atom. The molecule has 2 aromatic heterocycles. The molecule has 13 nitrogen and oxygen atoms in total. The monoisotopic (exact) mass is 770 g/mol. The highest BCUT2D eigenvalue weighted by molar-refractivity contribution is 7.83. The van der Waals surface area contributed by atoms with Crippen molar-refractivity contribution in [3.8, 4) is 11.9 Å². The van der Waals surface area contributed by atoms with Crippen LogP contribution in [0.15, 0.2) is 97.3 Å². The van der Waals surface area contributed by atoms with E-state index in [-0.39, 0.29) is 36.7 Å². The Morgan fingerprint density at radius 1 is 1.00 bits per heavy atom. The number of hydrogen-bond donors (Lipinski definition) is 1. The van der Waals surface area contributed by atoms with Crippen LogP contribution in [0.2, 0.25) is 0 Å². The van der Waals surface area contributed by atoms with Crippen LogP contribution in [0.1, 0.15) is 50.1 Å². The minimum absolute atomic E-state index is 0.0240. The lowest BCUT2D eigenvalue weighted by molar-refractivity contribution is -0.145. The molecule has 1 fully saturated rings. The van der Waals surface area contributed by atoms with Crippen molar-refractivity contribution in [2.24, 2.45) is 5.92 Å². The molecule has 1 aliphatic rings. The van der Waals surface area contributed by atoms with Gasteiger partial charge in [0.25, 0.3) is 0 Å². The van der Waals surface area contributed by atoms with Crippen molar-refractivity contribution < 1.29 is 23.4 Å². The highest BCUT2D eigenvalue weighted by Gasteiger charge is 2.47. The fourth-order valence-corrected chi connectivity index (χ4v) is 7.32. The predicted octanol–water partition coefficient (Wildman–Crippen LogP) is 7.22. The van der Waals surface area contributed by atoms with Crippen molar-refractivity contribution in [1.29, 1.82) is 5.26 Å². The summed E-state index contributed by atoms with van der Waals surface area (Å²) in [5, 5.41) is 12.1. The summed E-state index contributed by atoms with van der Waals surface area (Å²) in [6.45, 7) is 2.24. The molecule has 1 saturated heterocycles. The van der Waals surface area contributed by atoms with Crippen molar-refractivity contribution in [3.05, 3.63) is 114 Å². The number of rotatable bonds is 14. The number of ether oxygens (including phenoxy) is 2. The van der Waals surface area contributed by atoms with Crippen molar-refractivity contribution in [2.75, 3.05) is 39.1 Å². The van der Waals surface area contributed by atoms with Gasteiger partial charge in [0.05, 0.1) is 37.1 Å². The Balaban J connectivity index is 1.53. The molecule has 4 atom stereocenters. The van der Waals surface area contributed by atoms with Gasteiger partial charge in [-0.2, -0.15) is 15.2 Å². The molecule has 0 aliphatic carbocycles. The number of hydrogen-bond acceptors (Lipinski definition) is 10. The van der Waals surface area contributed by atoms with Gasteiger partial charge < -0.3 is 14.0 Å². The second-order valence-corrected chi connectivity index (χ2v) is 16.9. The molecule has 6 rings (SSSR count). The summed E-state index contributed by atoms with van der Waals surface area (Å²) in [6, 6.07) is 32.9. The molecule has 3 aromatic carbocycles. The summed E-state index contributed by atoms with van der Waals surface area (Å²) in [5.41, 5.74) is 2.91. The van der Waals surface area contributed by atoms with E-state index in [9.17, 15) is 14.6 Å². The maximum Gasteiger partial charge on any atom is 0.362 e. The Hall–Kier alpha value is -4.67. The van der Waals surface area contributed by atoms with Crippen molar-refractivity contribution in [3.63, 3.8) is 0 Å². The van der Waals surface area contributed by atoms with Gasteiger partial charge in [-0.25, -0.2) is 9.65 Å². The molecule has 54 heavy (non-hydrogen) atoms. The van der Waals surface area contributed by atoms with Gasteiger partial charge in [0.2, 0.25) is 17.7 Å². The lowest BCUT2D eigenvalue weighted by Crippen LogP contribution is -2.57.